The van der Waals surface area contributed by atoms with Gasteiger partial charge in [0.1, 0.15) is 5.75 Å². The SMILES string of the molecule is CCCOc1c(C)cc(Cl)c(C)c1CCC(O)C(N)CCC. The predicted octanol–water partition coefficient (Wildman–Crippen LogP) is 4.17. The fourth-order valence-corrected chi connectivity index (χ4v) is 2.93. The standard InChI is InChI=1S/C18H30ClNO2/c1-5-7-16(20)17(21)9-8-14-13(4)15(19)11-12(3)18(14)22-10-6-2/h11,16-17,21H,5-10,20H2,1-4H3. The van der Waals surface area contributed by atoms with Crippen LogP contribution in [0.2, 0.25) is 5.02 Å². The van der Waals surface area contributed by atoms with Crippen molar-refractivity contribution in [2.75, 3.05) is 6.61 Å². The highest BCUT2D eigenvalue weighted by Crippen LogP contribution is 2.33. The summed E-state index contributed by atoms with van der Waals surface area (Å²) >= 11 is 6.31. The third-order valence-corrected chi connectivity index (χ3v) is 4.44. The highest BCUT2D eigenvalue weighted by atomic mass is 35.5. The molecular weight excluding hydrogens is 298 g/mol. The Morgan fingerprint density at radius 2 is 1.91 bits per heavy atom. The van der Waals surface area contributed by atoms with Crippen molar-refractivity contribution in [3.63, 3.8) is 0 Å². The minimum absolute atomic E-state index is 0.161. The third kappa shape index (κ3) is 5.15. The van der Waals surface area contributed by atoms with E-state index in [0.717, 1.165) is 53.1 Å². The van der Waals surface area contributed by atoms with Crippen LogP contribution >= 0.6 is 11.6 Å². The van der Waals surface area contributed by atoms with Crippen LogP contribution in [0.3, 0.4) is 0 Å². The number of aliphatic hydroxyl groups excluding tert-OH is 1. The summed E-state index contributed by atoms with van der Waals surface area (Å²) in [4.78, 5) is 0. The van der Waals surface area contributed by atoms with E-state index >= 15 is 0 Å². The first-order valence-electron chi connectivity index (χ1n) is 8.27. The highest BCUT2D eigenvalue weighted by molar-refractivity contribution is 6.31. The second-order valence-electron chi connectivity index (χ2n) is 6.01. The van der Waals surface area contributed by atoms with Crippen molar-refractivity contribution in [1.82, 2.24) is 0 Å². The largest absolute Gasteiger partial charge is 0.493 e. The van der Waals surface area contributed by atoms with Crippen LogP contribution in [0, 0.1) is 13.8 Å². The third-order valence-electron chi connectivity index (χ3n) is 4.04. The average molecular weight is 328 g/mol. The van der Waals surface area contributed by atoms with Gasteiger partial charge in [-0.15, -0.1) is 0 Å². The molecule has 0 amide bonds. The zero-order valence-electron chi connectivity index (χ0n) is 14.3. The van der Waals surface area contributed by atoms with E-state index in [0.29, 0.717) is 13.0 Å². The number of nitrogens with two attached hydrogens (primary N) is 1. The molecule has 3 N–H and O–H groups in total. The minimum atomic E-state index is -0.488. The van der Waals surface area contributed by atoms with E-state index in [4.69, 9.17) is 22.1 Å². The van der Waals surface area contributed by atoms with Crippen LogP contribution in [0.5, 0.6) is 5.75 Å². The lowest BCUT2D eigenvalue weighted by molar-refractivity contribution is 0.130. The van der Waals surface area contributed by atoms with E-state index in [1.165, 1.54) is 0 Å². The first-order valence-corrected chi connectivity index (χ1v) is 8.65. The summed E-state index contributed by atoms with van der Waals surface area (Å²) in [5, 5.41) is 11.0. The van der Waals surface area contributed by atoms with Gasteiger partial charge in [0.15, 0.2) is 0 Å². The molecule has 2 atom stereocenters. The zero-order chi connectivity index (χ0) is 16.7. The molecule has 3 nitrogen and oxygen atoms in total. The lowest BCUT2D eigenvalue weighted by Crippen LogP contribution is -2.34. The Balaban J connectivity index is 2.91. The maximum atomic E-state index is 10.2. The van der Waals surface area contributed by atoms with Gasteiger partial charge in [-0.3, -0.25) is 0 Å². The normalized spacial score (nSPS) is 14.0. The fourth-order valence-electron chi connectivity index (χ4n) is 2.65. The number of benzene rings is 1. The molecule has 0 aliphatic rings. The van der Waals surface area contributed by atoms with Crippen molar-refractivity contribution in [3.05, 3.63) is 27.8 Å². The molecule has 0 heterocycles. The van der Waals surface area contributed by atoms with Gasteiger partial charge in [0.05, 0.1) is 12.7 Å². The van der Waals surface area contributed by atoms with Gasteiger partial charge in [-0.1, -0.05) is 31.9 Å². The van der Waals surface area contributed by atoms with E-state index in [1.54, 1.807) is 0 Å². The number of rotatable bonds is 9. The van der Waals surface area contributed by atoms with Crippen molar-refractivity contribution >= 4 is 11.6 Å². The molecule has 1 aromatic carbocycles. The maximum absolute atomic E-state index is 10.2. The molecular formula is C18H30ClNO2. The van der Waals surface area contributed by atoms with Crippen LogP contribution in [0.4, 0.5) is 0 Å². The molecule has 0 aliphatic carbocycles. The van der Waals surface area contributed by atoms with E-state index in [2.05, 4.69) is 13.8 Å². The lowest BCUT2D eigenvalue weighted by Gasteiger charge is -2.21. The first-order chi connectivity index (χ1) is 10.4. The summed E-state index contributed by atoms with van der Waals surface area (Å²) in [7, 11) is 0. The average Bonchev–Trinajstić information content (AvgIpc) is 2.48. The quantitative estimate of drug-likeness (QED) is 0.715. The Kier molecular flexibility index (Phi) is 8.23. The molecule has 0 saturated heterocycles. The van der Waals surface area contributed by atoms with E-state index in [1.807, 2.05) is 19.9 Å². The molecule has 4 heteroatoms. The summed E-state index contributed by atoms with van der Waals surface area (Å²) in [6, 6.07) is 1.79. The van der Waals surface area contributed by atoms with Crippen molar-refractivity contribution in [3.8, 4) is 5.75 Å². The number of aryl methyl sites for hydroxylation is 1. The smallest absolute Gasteiger partial charge is 0.125 e. The van der Waals surface area contributed by atoms with Gasteiger partial charge in [0.25, 0.3) is 0 Å². The van der Waals surface area contributed by atoms with Crippen molar-refractivity contribution in [2.24, 2.45) is 5.73 Å². The molecule has 0 aromatic heterocycles. The van der Waals surface area contributed by atoms with Gasteiger partial charge in [-0.25, -0.2) is 0 Å². The summed E-state index contributed by atoms with van der Waals surface area (Å²) in [5.41, 5.74) is 9.18. The molecule has 1 aromatic rings. The maximum Gasteiger partial charge on any atom is 0.125 e. The van der Waals surface area contributed by atoms with Gasteiger partial charge >= 0.3 is 0 Å². The lowest BCUT2D eigenvalue weighted by atomic mass is 9.95. The van der Waals surface area contributed by atoms with E-state index < -0.39 is 6.10 Å². The highest BCUT2D eigenvalue weighted by Gasteiger charge is 2.18. The molecule has 22 heavy (non-hydrogen) atoms. The summed E-state index contributed by atoms with van der Waals surface area (Å²) < 4.78 is 5.92. The van der Waals surface area contributed by atoms with Crippen LogP contribution in [-0.2, 0) is 6.42 Å². The molecule has 126 valence electrons. The second kappa shape index (κ2) is 9.39. The molecule has 0 spiro atoms. The minimum Gasteiger partial charge on any atom is -0.493 e. The van der Waals surface area contributed by atoms with Gasteiger partial charge < -0.3 is 15.6 Å². The number of hydrogen-bond acceptors (Lipinski definition) is 3. The number of ether oxygens (including phenoxy) is 1. The van der Waals surface area contributed by atoms with Crippen LogP contribution in [0.25, 0.3) is 0 Å². The Morgan fingerprint density at radius 3 is 2.50 bits per heavy atom. The molecule has 1 rings (SSSR count). The number of hydrogen-bond donors (Lipinski definition) is 2. The summed E-state index contributed by atoms with van der Waals surface area (Å²) in [6.45, 7) is 8.87. The van der Waals surface area contributed by atoms with Crippen LogP contribution in [-0.4, -0.2) is 23.9 Å². The Hall–Kier alpha value is -0.770. The predicted molar refractivity (Wildman–Crippen MR) is 93.9 cm³/mol. The summed E-state index contributed by atoms with van der Waals surface area (Å²) in [6.07, 6.45) is 3.66. The topological polar surface area (TPSA) is 55.5 Å². The molecule has 0 fully saturated rings. The van der Waals surface area contributed by atoms with Crippen molar-refractivity contribution in [2.45, 2.75) is 71.9 Å². The number of halogens is 1. The van der Waals surface area contributed by atoms with E-state index in [-0.39, 0.29) is 6.04 Å². The molecule has 0 bridgehead atoms. The van der Waals surface area contributed by atoms with Crippen LogP contribution in [0.15, 0.2) is 6.07 Å². The van der Waals surface area contributed by atoms with E-state index in [9.17, 15) is 5.11 Å². The fraction of sp³-hybridized carbons (Fsp3) is 0.667. The number of aliphatic hydroxyl groups is 1. The Bertz CT molecular complexity index is 477. The monoisotopic (exact) mass is 327 g/mol. The van der Waals surface area contributed by atoms with Gasteiger partial charge in [0, 0.05) is 11.1 Å². The molecule has 0 saturated carbocycles. The molecule has 2 unspecified atom stereocenters. The van der Waals surface area contributed by atoms with Crippen LogP contribution in [0.1, 0.15) is 56.2 Å². The summed E-state index contributed by atoms with van der Waals surface area (Å²) in [5.74, 6) is 0.917. The second-order valence-corrected chi connectivity index (χ2v) is 6.42. The Morgan fingerprint density at radius 1 is 1.23 bits per heavy atom. The van der Waals surface area contributed by atoms with Crippen LogP contribution < -0.4 is 10.5 Å². The zero-order valence-corrected chi connectivity index (χ0v) is 15.0. The van der Waals surface area contributed by atoms with Crippen molar-refractivity contribution in [1.29, 1.82) is 0 Å². The molecule has 0 aliphatic heterocycles. The van der Waals surface area contributed by atoms with Gasteiger partial charge in [-0.05, 0) is 62.3 Å². The first kappa shape index (κ1) is 19.3. The molecule has 0 radical (unpaired) electrons. The van der Waals surface area contributed by atoms with Crippen molar-refractivity contribution < 1.29 is 9.84 Å². The van der Waals surface area contributed by atoms with Gasteiger partial charge in [0.2, 0.25) is 0 Å². The Labute approximate surface area is 139 Å². The van der Waals surface area contributed by atoms with Gasteiger partial charge in [-0.2, -0.15) is 0 Å².